The Labute approximate surface area is 598 Å². The number of benzene rings is 2. The van der Waals surface area contributed by atoms with E-state index in [0.29, 0.717) is 11.1 Å². The van der Waals surface area contributed by atoms with Crippen LogP contribution in [-0.2, 0) is 104 Å². The van der Waals surface area contributed by atoms with Gasteiger partial charge in [0.05, 0.1) is 38.6 Å². The van der Waals surface area contributed by atoms with Crippen molar-refractivity contribution in [2.45, 2.75) is 164 Å². The summed E-state index contributed by atoms with van der Waals surface area (Å²) in [4.78, 5) is 245. The zero-order valence-corrected chi connectivity index (χ0v) is 57.2. The second kappa shape index (κ2) is 45.3. The summed E-state index contributed by atoms with van der Waals surface area (Å²) in [5.74, 6) is -24.9. The molecule has 0 aliphatic rings. The van der Waals surface area contributed by atoms with Gasteiger partial charge >= 0.3 is 23.9 Å². The minimum absolute atomic E-state index is 0.0660. The fraction of sp³-hybridized carbons (Fsp3) is 0.500. The summed E-state index contributed by atoms with van der Waals surface area (Å²) < 4.78 is 0. The molecule has 104 heavy (non-hydrogen) atoms. The van der Waals surface area contributed by atoms with Crippen molar-refractivity contribution in [1.29, 1.82) is 0 Å². The molecule has 0 fully saturated rings. The molecule has 0 aliphatic heterocycles. The molecule has 0 radical (unpaired) electrons. The van der Waals surface area contributed by atoms with Crippen molar-refractivity contribution >= 4 is 125 Å². The lowest BCUT2D eigenvalue weighted by Crippen LogP contribution is -2.61. The van der Waals surface area contributed by atoms with Crippen LogP contribution < -0.4 is 86.7 Å². The Balaban J connectivity index is 2.23. The van der Waals surface area contributed by atoms with Gasteiger partial charge in [0.2, 0.25) is 88.6 Å². The van der Waals surface area contributed by atoms with Gasteiger partial charge in [-0.2, -0.15) is 12.6 Å². The van der Waals surface area contributed by atoms with E-state index >= 15 is 0 Å². The number of carboxylic acids is 4. The number of aromatic hydroxyl groups is 1. The lowest BCUT2D eigenvalue weighted by atomic mass is 9.97. The van der Waals surface area contributed by atoms with Crippen LogP contribution in [0.25, 0.3) is 0 Å². The molecule has 0 bridgehead atoms. The van der Waals surface area contributed by atoms with Crippen LogP contribution in [0.5, 0.6) is 5.75 Å². The van der Waals surface area contributed by atoms with E-state index in [1.54, 1.807) is 37.3 Å². The molecule has 0 spiro atoms. The average Bonchev–Trinajstić information content (AvgIpc) is 0.855. The highest BCUT2D eigenvalue weighted by Gasteiger charge is 2.38. The number of hydrogen-bond donors (Lipinski definition) is 23. The maximum Gasteiger partial charge on any atom is 0.326 e. The zero-order chi connectivity index (χ0) is 78.5. The van der Waals surface area contributed by atoms with E-state index in [2.05, 4.69) is 71.1 Å². The second-order valence-electron chi connectivity index (χ2n) is 23.5. The monoisotopic (exact) mass is 1490 g/mol. The Bertz CT molecular complexity index is 3420. The van der Waals surface area contributed by atoms with Crippen LogP contribution in [0.2, 0.25) is 0 Å². The molecule has 0 heterocycles. The number of thiol groups is 1. The minimum atomic E-state index is -2.09. The topological polar surface area (TPSA) is 694 Å². The standard InChI is InChI=1S/C62H88N16O25S/c1-3-29(2)51(61(101)76-39(23-45(66)83)58(98)73-37(62(102)103)16-20-49(88)89)78-59(99)40(24-50(90)91)75-56(96)35(14-18-44(65)82)72-60(100)42(28-104)69-47(85)26-67-46(84)25-68-53(93)41(27-79)77-57(97)38(22-30-7-5-4-6-8-30)74-55(95)34(13-17-43(64)81)71-54(94)36(15-19-48(86)87)70-52(92)33(63)21-31-9-11-32(80)12-10-31/h4-12,29,33-42,51,79-80,104H,3,13-28,63H2,1-2H3,(H2,64,81)(H2,65,82)(H2,66,83)(H,67,84)(H,68,93)(H,69,85)(H,70,92)(H,71,94)(H,72,100)(H,73,98)(H,74,95)(H,75,96)(H,76,101)(H,77,97)(H,78,99)(H,86,87)(H,88,89)(H,90,91)(H,102,103)/t29-,33-,34-,35-,36-,37-,38-,39-,40-,41-,42-,51-/m0/s1. The first kappa shape index (κ1) is 88.5. The molecule has 572 valence electrons. The van der Waals surface area contributed by atoms with Gasteiger partial charge in [-0.1, -0.05) is 62.7 Å². The first-order valence-electron chi connectivity index (χ1n) is 32.0. The van der Waals surface area contributed by atoms with Crippen LogP contribution >= 0.6 is 12.6 Å². The number of aliphatic hydroxyl groups excluding tert-OH is 1. The molecule has 12 atom stereocenters. The van der Waals surface area contributed by atoms with E-state index in [-0.39, 0.29) is 25.0 Å². The fourth-order valence-electron chi connectivity index (χ4n) is 9.30. The van der Waals surface area contributed by atoms with Crippen molar-refractivity contribution in [2.24, 2.45) is 28.9 Å². The van der Waals surface area contributed by atoms with Crippen LogP contribution in [0, 0.1) is 5.92 Å². The van der Waals surface area contributed by atoms with Crippen LogP contribution in [0.4, 0.5) is 0 Å². The number of hydrogen-bond acceptors (Lipinski definition) is 23. The van der Waals surface area contributed by atoms with Crippen molar-refractivity contribution in [3.05, 3.63) is 65.7 Å². The number of aliphatic carboxylic acids is 4. The molecule has 0 saturated heterocycles. The van der Waals surface area contributed by atoms with Gasteiger partial charge < -0.3 is 117 Å². The highest BCUT2D eigenvalue weighted by molar-refractivity contribution is 7.80. The van der Waals surface area contributed by atoms with Crippen molar-refractivity contribution in [3.8, 4) is 5.75 Å². The highest BCUT2D eigenvalue weighted by Crippen LogP contribution is 2.15. The van der Waals surface area contributed by atoms with E-state index in [9.17, 15) is 117 Å². The molecule has 0 aliphatic carbocycles. The van der Waals surface area contributed by atoms with Gasteiger partial charge in [-0.25, -0.2) is 4.79 Å². The lowest BCUT2D eigenvalue weighted by molar-refractivity contribution is -0.144. The maximum absolute atomic E-state index is 14.1. The van der Waals surface area contributed by atoms with Gasteiger partial charge in [-0.15, -0.1) is 0 Å². The molecular weight excluding hydrogens is 1400 g/mol. The third-order valence-corrected chi connectivity index (χ3v) is 15.5. The third-order valence-electron chi connectivity index (χ3n) is 15.2. The molecular formula is C62H88N16O25S. The third kappa shape index (κ3) is 33.7. The van der Waals surface area contributed by atoms with E-state index in [1.165, 1.54) is 31.2 Å². The Morgan fingerprint density at radius 2 is 0.827 bits per heavy atom. The van der Waals surface area contributed by atoms with Crippen LogP contribution in [-0.4, -0.2) is 235 Å². The number of phenols is 1. The molecule has 0 saturated carbocycles. The van der Waals surface area contributed by atoms with Crippen LogP contribution in [0.1, 0.15) is 95.6 Å². The largest absolute Gasteiger partial charge is 0.508 e. The summed E-state index contributed by atoms with van der Waals surface area (Å²) in [6.07, 6.45) is -7.27. The Morgan fingerprint density at radius 1 is 0.413 bits per heavy atom. The highest BCUT2D eigenvalue weighted by atomic mass is 32.1. The summed E-state index contributed by atoms with van der Waals surface area (Å²) in [6.45, 7) is -0.0337. The Morgan fingerprint density at radius 3 is 1.31 bits per heavy atom. The number of phenolic OH excluding ortho intramolecular Hbond substituents is 1. The van der Waals surface area contributed by atoms with Gasteiger partial charge in [-0.3, -0.25) is 86.3 Å². The quantitative estimate of drug-likeness (QED) is 0.0274. The molecule has 26 N–H and O–H groups in total. The minimum Gasteiger partial charge on any atom is -0.508 e. The van der Waals surface area contributed by atoms with Gasteiger partial charge in [0.15, 0.2) is 0 Å². The predicted octanol–water partition coefficient (Wildman–Crippen LogP) is -8.75. The molecule has 0 aromatic heterocycles. The number of carbonyl (C=O) groups is 19. The van der Waals surface area contributed by atoms with E-state index in [0.717, 1.165) is 0 Å². The molecule has 2 aromatic carbocycles. The van der Waals surface area contributed by atoms with Crippen LogP contribution in [0.15, 0.2) is 54.6 Å². The average molecular weight is 1490 g/mol. The number of nitrogens with one attached hydrogen (secondary N) is 12. The normalized spacial score (nSPS) is 14.3. The molecule has 41 nitrogen and oxygen atoms in total. The summed E-state index contributed by atoms with van der Waals surface area (Å²) in [5, 5.41) is 84.2. The van der Waals surface area contributed by atoms with Gasteiger partial charge in [0.25, 0.3) is 0 Å². The fourth-order valence-corrected chi connectivity index (χ4v) is 9.56. The molecule has 2 aromatic rings. The zero-order valence-electron chi connectivity index (χ0n) is 56.3. The van der Waals surface area contributed by atoms with Gasteiger partial charge in [0, 0.05) is 37.9 Å². The smallest absolute Gasteiger partial charge is 0.326 e. The number of carboxylic acid groups (broad SMARTS) is 4. The van der Waals surface area contributed by atoms with Crippen molar-refractivity contribution in [1.82, 2.24) is 63.8 Å². The lowest BCUT2D eigenvalue weighted by Gasteiger charge is -2.29. The van der Waals surface area contributed by atoms with E-state index in [4.69, 9.17) is 28.0 Å². The Kier molecular flexibility index (Phi) is 38.6. The second-order valence-corrected chi connectivity index (χ2v) is 23.9. The van der Waals surface area contributed by atoms with Crippen molar-refractivity contribution in [3.63, 3.8) is 0 Å². The Hall–Kier alpha value is -11.6. The first-order chi connectivity index (χ1) is 48.9. The summed E-state index contributed by atoms with van der Waals surface area (Å²) in [6, 6.07) is -5.64. The van der Waals surface area contributed by atoms with E-state index < -0.39 is 275 Å². The number of carbonyl (C=O) groups excluding carboxylic acids is 15. The SMILES string of the molecule is CC[C@H](C)[C@H](NC(=O)[C@H](CC(=O)O)NC(=O)[C@H](CCC(N)=O)NC(=O)[C@H](CS)NC(=O)CNC(=O)CNC(=O)[C@H](CO)NC(=O)[C@H](Cc1ccccc1)NC(=O)[C@H](CCC(N)=O)NC(=O)[C@H](CCC(=O)O)NC(=O)[C@@H](N)Cc1ccc(O)cc1)C(=O)N[C@@H](CC(N)=O)C(=O)N[C@@H](CCC(=O)O)C(=O)O. The predicted molar refractivity (Wildman–Crippen MR) is 360 cm³/mol. The first-order valence-corrected chi connectivity index (χ1v) is 32.6. The summed E-state index contributed by atoms with van der Waals surface area (Å²) in [7, 11) is 0. The van der Waals surface area contributed by atoms with Crippen LogP contribution in [0.3, 0.4) is 0 Å². The maximum atomic E-state index is 14.1. The number of aliphatic hydroxyl groups is 1. The molecule has 0 unspecified atom stereocenters. The number of nitrogens with two attached hydrogens (primary N) is 4. The number of primary amides is 3. The van der Waals surface area contributed by atoms with Crippen molar-refractivity contribution in [2.75, 3.05) is 25.4 Å². The molecule has 42 heteroatoms. The summed E-state index contributed by atoms with van der Waals surface area (Å²) in [5.41, 5.74) is 22.9. The van der Waals surface area contributed by atoms with Gasteiger partial charge in [0.1, 0.15) is 66.2 Å². The number of amides is 15. The van der Waals surface area contributed by atoms with Crippen molar-refractivity contribution < 1.29 is 122 Å². The van der Waals surface area contributed by atoms with Gasteiger partial charge in [-0.05, 0) is 61.3 Å². The molecule has 2 rings (SSSR count). The van der Waals surface area contributed by atoms with E-state index in [1.807, 2.05) is 5.32 Å². The number of rotatable bonds is 49. The molecule has 15 amide bonds. The summed E-state index contributed by atoms with van der Waals surface area (Å²) >= 11 is 4.06.